The molecule has 0 amide bonds. The van der Waals surface area contributed by atoms with Crippen molar-refractivity contribution in [2.75, 3.05) is 0 Å². The highest BCUT2D eigenvalue weighted by Crippen LogP contribution is 2.44. The Balaban J connectivity index is 0.992. The second-order valence-corrected chi connectivity index (χ2v) is 20.8. The molecule has 65 heavy (non-hydrogen) atoms. The zero-order valence-electron chi connectivity index (χ0n) is 35.4. The van der Waals surface area contributed by atoms with E-state index in [0.717, 1.165) is 61.7 Å². The van der Waals surface area contributed by atoms with E-state index in [2.05, 4.69) is 247 Å². The molecule has 1 aromatic heterocycles. The predicted octanol–water partition coefficient (Wildman–Crippen LogP) is 10.8. The molecule has 0 radical (unpaired) electrons. The van der Waals surface area contributed by atoms with E-state index in [1.54, 1.807) is 0 Å². The molecule has 3 nitrogen and oxygen atoms in total. The molecule has 304 valence electrons. The smallest absolute Gasteiger partial charge is 0.434 e. The van der Waals surface area contributed by atoms with Crippen LogP contribution < -0.4 is 41.1 Å². The minimum Gasteiger partial charge on any atom is -0.551 e. The van der Waals surface area contributed by atoms with Gasteiger partial charge in [0.2, 0.25) is 0 Å². The maximum absolute atomic E-state index is 7.11. The van der Waals surface area contributed by atoms with Crippen LogP contribution in [0.4, 0.5) is 0 Å². The minimum absolute atomic E-state index is 0.369. The van der Waals surface area contributed by atoms with E-state index in [1.807, 2.05) is 0 Å². The Hall–Kier alpha value is -8.12. The number of hydrogen-bond donors (Lipinski definition) is 0. The summed E-state index contributed by atoms with van der Waals surface area (Å²) < 4.78 is 16.6. The van der Waals surface area contributed by atoms with Crippen molar-refractivity contribution in [1.82, 2.24) is 4.57 Å². The molecule has 0 unspecified atom stereocenters. The molecular weight excluding hydrogens is 806 g/mol. The van der Waals surface area contributed by atoms with E-state index in [-0.39, 0.29) is 6.92 Å². The van der Waals surface area contributed by atoms with Gasteiger partial charge in [-0.3, -0.25) is 0 Å². The summed E-state index contributed by atoms with van der Waals surface area (Å²) in [6, 6.07) is 88.3. The van der Waals surface area contributed by atoms with Crippen molar-refractivity contribution in [3.05, 3.63) is 243 Å². The summed E-state index contributed by atoms with van der Waals surface area (Å²) in [5, 5.41) is 7.83. The van der Waals surface area contributed by atoms with Crippen LogP contribution in [0.3, 0.4) is 0 Å². The van der Waals surface area contributed by atoms with Gasteiger partial charge < -0.3 is 14.0 Å². The molecule has 13 rings (SSSR count). The third-order valence-corrected chi connectivity index (χ3v) is 18.5. The Bertz CT molecular complexity index is 3470. The number of fused-ring (bicyclic) bond motifs is 7. The first kappa shape index (κ1) is 37.4. The number of benzene rings is 10. The first-order chi connectivity index (χ1) is 32.3. The molecule has 0 saturated heterocycles. The summed E-state index contributed by atoms with van der Waals surface area (Å²) in [7, 11) is -2.85. The van der Waals surface area contributed by atoms with Gasteiger partial charge in [0.05, 0.1) is 16.7 Å². The lowest BCUT2D eigenvalue weighted by Gasteiger charge is -2.36. The van der Waals surface area contributed by atoms with Crippen LogP contribution in [0.2, 0.25) is 0 Å². The highest BCUT2D eigenvalue weighted by atomic mass is 28.3. The molecule has 3 heterocycles. The summed E-state index contributed by atoms with van der Waals surface area (Å²) in [5.74, 6) is 2.49. The zero-order chi connectivity index (χ0) is 42.9. The Morgan fingerprint density at radius 1 is 0.369 bits per heavy atom. The summed E-state index contributed by atoms with van der Waals surface area (Å²) in [4.78, 5) is 0. The fraction of sp³-hybridized carbons (Fsp3) is 0. The lowest BCUT2D eigenvalue weighted by atomic mass is 9.50. The SMILES string of the molecule is c1ccc([Si](c2ccccc2)(c2ccccc2)c2ccccc2-c2ccc3c(c2)B2Oc4ccccc4-c4cc(-c5ccccc5-n5c6ccccc6c6ccccc65)cc(c42)O3)cc1. The number of para-hydroxylation sites is 4. The van der Waals surface area contributed by atoms with Crippen molar-refractivity contribution in [3.63, 3.8) is 0 Å². The van der Waals surface area contributed by atoms with Gasteiger partial charge in [0, 0.05) is 32.8 Å². The molecule has 0 fully saturated rings. The van der Waals surface area contributed by atoms with Crippen LogP contribution in [0.25, 0.3) is 60.9 Å². The second-order valence-electron chi connectivity index (χ2n) is 17.1. The highest BCUT2D eigenvalue weighted by Gasteiger charge is 2.44. The molecule has 0 saturated carbocycles. The highest BCUT2D eigenvalue weighted by molar-refractivity contribution is 7.20. The largest absolute Gasteiger partial charge is 0.551 e. The van der Waals surface area contributed by atoms with Gasteiger partial charge in [0.1, 0.15) is 17.2 Å². The molecule has 0 atom stereocenters. The minimum atomic E-state index is -2.85. The average molecular weight is 846 g/mol. The van der Waals surface area contributed by atoms with Crippen molar-refractivity contribution in [1.29, 1.82) is 0 Å². The first-order valence-electron chi connectivity index (χ1n) is 22.4. The van der Waals surface area contributed by atoms with Crippen LogP contribution in [0.15, 0.2) is 243 Å². The van der Waals surface area contributed by atoms with Gasteiger partial charge in [-0.15, -0.1) is 0 Å². The van der Waals surface area contributed by atoms with Crippen molar-refractivity contribution in [2.45, 2.75) is 0 Å². The van der Waals surface area contributed by atoms with E-state index >= 15 is 0 Å². The lowest BCUT2D eigenvalue weighted by Crippen LogP contribution is -2.75. The number of aromatic nitrogens is 1. The Morgan fingerprint density at radius 2 is 0.908 bits per heavy atom. The van der Waals surface area contributed by atoms with E-state index < -0.39 is 8.07 Å². The van der Waals surface area contributed by atoms with Gasteiger partial charge in [-0.05, 0) is 85.5 Å². The Kier molecular flexibility index (Phi) is 8.65. The number of rotatable bonds is 7. The maximum Gasteiger partial charge on any atom is 0.434 e. The van der Waals surface area contributed by atoms with Crippen LogP contribution in [-0.2, 0) is 0 Å². The summed E-state index contributed by atoms with van der Waals surface area (Å²) >= 11 is 0. The normalized spacial score (nSPS) is 12.5. The van der Waals surface area contributed by atoms with Gasteiger partial charge in [0.15, 0.2) is 8.07 Å². The summed E-state index contributed by atoms with van der Waals surface area (Å²) in [5.41, 5.74) is 12.3. The van der Waals surface area contributed by atoms with Gasteiger partial charge >= 0.3 is 6.92 Å². The first-order valence-corrected chi connectivity index (χ1v) is 24.4. The van der Waals surface area contributed by atoms with Crippen molar-refractivity contribution in [2.24, 2.45) is 0 Å². The number of nitrogens with zero attached hydrogens (tertiary/aromatic N) is 1. The third-order valence-electron chi connectivity index (χ3n) is 13.6. The fourth-order valence-corrected chi connectivity index (χ4v) is 15.9. The van der Waals surface area contributed by atoms with Crippen LogP contribution in [0.1, 0.15) is 0 Å². The molecule has 5 heteroatoms. The van der Waals surface area contributed by atoms with Gasteiger partial charge in [-0.2, -0.15) is 0 Å². The maximum atomic E-state index is 7.11. The summed E-state index contributed by atoms with van der Waals surface area (Å²) in [6.07, 6.45) is 0. The molecular formula is C60H40BNO2Si. The van der Waals surface area contributed by atoms with Crippen molar-refractivity contribution >= 4 is 68.5 Å². The van der Waals surface area contributed by atoms with E-state index in [4.69, 9.17) is 9.39 Å². The third kappa shape index (κ3) is 5.76. The van der Waals surface area contributed by atoms with E-state index in [9.17, 15) is 0 Å². The van der Waals surface area contributed by atoms with Crippen LogP contribution in [-0.4, -0.2) is 19.6 Å². The number of ether oxygens (including phenoxy) is 1. The molecule has 0 bridgehead atoms. The number of hydrogen-bond acceptors (Lipinski definition) is 2. The van der Waals surface area contributed by atoms with Crippen LogP contribution in [0.5, 0.6) is 17.2 Å². The lowest BCUT2D eigenvalue weighted by molar-refractivity contribution is 0.479. The molecule has 0 aliphatic carbocycles. The monoisotopic (exact) mass is 845 g/mol. The molecule has 0 N–H and O–H groups in total. The molecule has 2 aliphatic rings. The van der Waals surface area contributed by atoms with E-state index in [0.29, 0.717) is 0 Å². The van der Waals surface area contributed by atoms with Gasteiger partial charge in [0.25, 0.3) is 0 Å². The van der Waals surface area contributed by atoms with Crippen LogP contribution >= 0.6 is 0 Å². The molecule has 2 aliphatic heterocycles. The van der Waals surface area contributed by atoms with Gasteiger partial charge in [-0.1, -0.05) is 200 Å². The predicted molar refractivity (Wildman–Crippen MR) is 273 cm³/mol. The molecule has 10 aromatic carbocycles. The van der Waals surface area contributed by atoms with Gasteiger partial charge in [-0.25, -0.2) is 0 Å². The van der Waals surface area contributed by atoms with Crippen molar-refractivity contribution in [3.8, 4) is 56.3 Å². The fourth-order valence-electron chi connectivity index (χ4n) is 10.9. The summed E-state index contributed by atoms with van der Waals surface area (Å²) in [6.45, 7) is -0.369. The zero-order valence-corrected chi connectivity index (χ0v) is 36.4. The van der Waals surface area contributed by atoms with E-state index in [1.165, 1.54) is 48.1 Å². The van der Waals surface area contributed by atoms with Crippen LogP contribution in [0, 0.1) is 0 Å². The quantitative estimate of drug-likeness (QED) is 0.118. The Labute approximate surface area is 379 Å². The molecule has 11 aromatic rings. The Morgan fingerprint density at radius 3 is 1.57 bits per heavy atom. The molecule has 0 spiro atoms. The average Bonchev–Trinajstić information content (AvgIpc) is 3.72. The standard InChI is InChI=1S/C60H40BNO2Si/c1-4-20-43(21-5-1)65(44-22-6-2-7-23-44,45-24-8-3-9-25-45)59-35-19-14-27-47(59)41-36-37-57-52(39-41)61-60-51(50-30-13-18-34-56(50)64-61)38-42(40-58(60)63-57)46-26-10-15-31-53(46)62-54-32-16-11-28-48(54)49-29-12-17-33-55(49)62/h1-40H. The topological polar surface area (TPSA) is 23.4 Å². The van der Waals surface area contributed by atoms with Crippen molar-refractivity contribution < 1.29 is 9.39 Å². The second kappa shape index (κ2) is 15.0.